The standard InChI is InChI=1S/C45H43ClN8O7S/c1-24-25(2)62-45-37(24)39(28-14-16-30(46)17-15-28)49-32(40-52-51-26(3)53(40)45)22-36(56)47-20-5-4-6-21-48-41(57)29-12-10-27(11-13-29)23-61-34-9-7-8-31-38(34)44(60)54(43(31)59)33-18-19-35(55)50-42(33)58/h7-17,32-33H,4-6,18-23H2,1-3H3,(H,47,56)(H,48,57)(H,50,55,58)/t32-,33?/m0/s1. The number of carbonyl (C=O) groups excluding carboxylic acids is 6. The van der Waals surface area contributed by atoms with Crippen molar-refractivity contribution >= 4 is 64.1 Å². The highest BCUT2D eigenvalue weighted by Crippen LogP contribution is 2.40. The molecule has 6 amide bonds. The molecule has 3 aliphatic heterocycles. The van der Waals surface area contributed by atoms with E-state index in [9.17, 15) is 28.8 Å². The fourth-order valence-electron chi connectivity index (χ4n) is 7.86. The average molecular weight is 875 g/mol. The molecule has 8 rings (SSSR count). The number of unbranched alkanes of at least 4 members (excludes halogenated alkanes) is 2. The van der Waals surface area contributed by atoms with E-state index >= 15 is 0 Å². The number of benzene rings is 3. The van der Waals surface area contributed by atoms with Crippen molar-refractivity contribution in [3.63, 3.8) is 0 Å². The lowest BCUT2D eigenvalue weighted by atomic mass is 9.99. The van der Waals surface area contributed by atoms with Gasteiger partial charge in [-0.25, -0.2) is 0 Å². The molecule has 1 fully saturated rings. The number of nitrogens with zero attached hydrogens (tertiary/aromatic N) is 5. The number of fused-ring (bicyclic) bond motifs is 4. The van der Waals surface area contributed by atoms with E-state index in [1.807, 2.05) is 35.8 Å². The highest BCUT2D eigenvalue weighted by Gasteiger charge is 2.46. The molecule has 3 aliphatic rings. The number of hydrogen-bond acceptors (Lipinski definition) is 11. The fraction of sp³-hybridized carbons (Fsp3) is 0.311. The van der Waals surface area contributed by atoms with Gasteiger partial charge in [-0.05, 0) is 94.0 Å². The van der Waals surface area contributed by atoms with Crippen LogP contribution in [0, 0.1) is 20.8 Å². The number of thiophene rings is 1. The number of halogens is 1. The number of rotatable bonds is 14. The molecular weight excluding hydrogens is 832 g/mol. The largest absolute Gasteiger partial charge is 0.488 e. The minimum absolute atomic E-state index is 0.0272. The van der Waals surface area contributed by atoms with Crippen molar-refractivity contribution in [1.82, 2.24) is 35.6 Å². The normalized spacial score (nSPS) is 16.8. The van der Waals surface area contributed by atoms with Crippen molar-refractivity contribution in [2.24, 2.45) is 4.99 Å². The molecule has 3 N–H and O–H groups in total. The summed E-state index contributed by atoms with van der Waals surface area (Å²) in [6, 6.07) is 17.5. The first kappa shape index (κ1) is 42.2. The van der Waals surface area contributed by atoms with Crippen LogP contribution < -0.4 is 20.7 Å². The van der Waals surface area contributed by atoms with E-state index in [2.05, 4.69) is 40.0 Å². The summed E-state index contributed by atoms with van der Waals surface area (Å²) in [6.07, 6.45) is 2.42. The molecule has 318 valence electrons. The van der Waals surface area contributed by atoms with Crippen molar-refractivity contribution < 1.29 is 33.5 Å². The number of amides is 6. The number of nitrogens with one attached hydrogen (secondary N) is 3. The summed E-state index contributed by atoms with van der Waals surface area (Å²) in [7, 11) is 0. The lowest BCUT2D eigenvalue weighted by molar-refractivity contribution is -0.136. The minimum Gasteiger partial charge on any atom is -0.488 e. The third-order valence-electron chi connectivity index (χ3n) is 11.2. The topological polar surface area (TPSA) is 194 Å². The number of imide groups is 2. The number of hydrogen-bond donors (Lipinski definition) is 3. The van der Waals surface area contributed by atoms with Gasteiger partial charge in [0.2, 0.25) is 17.7 Å². The second kappa shape index (κ2) is 17.8. The Morgan fingerprint density at radius 1 is 0.887 bits per heavy atom. The molecular formula is C45H43ClN8O7S. The molecule has 1 saturated heterocycles. The average Bonchev–Trinajstić information content (AvgIpc) is 3.84. The molecule has 2 atom stereocenters. The summed E-state index contributed by atoms with van der Waals surface area (Å²) in [5.74, 6) is -1.22. The zero-order chi connectivity index (χ0) is 43.7. The Kier molecular flexibility index (Phi) is 12.1. The molecule has 17 heteroatoms. The molecule has 0 aliphatic carbocycles. The second-order valence-electron chi connectivity index (χ2n) is 15.4. The van der Waals surface area contributed by atoms with Crippen molar-refractivity contribution in [3.05, 3.63) is 127 Å². The van der Waals surface area contributed by atoms with Gasteiger partial charge in [-0.2, -0.15) is 0 Å². The third-order valence-corrected chi connectivity index (χ3v) is 12.7. The highest BCUT2D eigenvalue weighted by molar-refractivity contribution is 7.15. The molecule has 0 bridgehead atoms. The maximum atomic E-state index is 13.4. The van der Waals surface area contributed by atoms with Crippen LogP contribution in [-0.4, -0.2) is 80.0 Å². The van der Waals surface area contributed by atoms with Gasteiger partial charge in [0.05, 0.1) is 23.3 Å². The number of aliphatic imine (C=N–C) groups is 1. The van der Waals surface area contributed by atoms with E-state index in [1.165, 1.54) is 10.9 Å². The van der Waals surface area contributed by atoms with E-state index in [0.29, 0.717) is 29.5 Å². The first-order valence-corrected chi connectivity index (χ1v) is 21.6. The first-order chi connectivity index (χ1) is 29.9. The van der Waals surface area contributed by atoms with Crippen molar-refractivity contribution in [2.45, 2.75) is 78.0 Å². The van der Waals surface area contributed by atoms with Gasteiger partial charge < -0.3 is 15.4 Å². The molecule has 15 nitrogen and oxygen atoms in total. The van der Waals surface area contributed by atoms with Crippen LogP contribution >= 0.6 is 22.9 Å². The summed E-state index contributed by atoms with van der Waals surface area (Å²) < 4.78 is 7.99. The van der Waals surface area contributed by atoms with Crippen molar-refractivity contribution in [1.29, 1.82) is 0 Å². The smallest absolute Gasteiger partial charge is 0.266 e. The Morgan fingerprint density at radius 3 is 2.37 bits per heavy atom. The van der Waals surface area contributed by atoms with E-state index in [0.717, 1.165) is 63.0 Å². The third kappa shape index (κ3) is 8.39. The Morgan fingerprint density at radius 2 is 1.63 bits per heavy atom. The quantitative estimate of drug-likeness (QED) is 0.0902. The van der Waals surface area contributed by atoms with Crippen LogP contribution in [0.2, 0.25) is 5.02 Å². The molecule has 2 aromatic heterocycles. The highest BCUT2D eigenvalue weighted by atomic mass is 35.5. The summed E-state index contributed by atoms with van der Waals surface area (Å²) in [6.45, 7) is 7.07. The van der Waals surface area contributed by atoms with Crippen LogP contribution in [0.3, 0.4) is 0 Å². The summed E-state index contributed by atoms with van der Waals surface area (Å²) in [5.41, 5.74) is 5.22. The van der Waals surface area contributed by atoms with Crippen LogP contribution in [0.5, 0.6) is 5.75 Å². The molecule has 3 aromatic carbocycles. The van der Waals surface area contributed by atoms with Gasteiger partial charge in [-0.15, -0.1) is 21.5 Å². The molecule has 0 spiro atoms. The molecule has 62 heavy (non-hydrogen) atoms. The lowest BCUT2D eigenvalue weighted by Crippen LogP contribution is -2.54. The summed E-state index contributed by atoms with van der Waals surface area (Å²) >= 11 is 7.89. The van der Waals surface area contributed by atoms with Crippen LogP contribution in [0.4, 0.5) is 0 Å². The predicted octanol–water partition coefficient (Wildman–Crippen LogP) is 5.89. The Hall–Kier alpha value is -6.52. The first-order valence-electron chi connectivity index (χ1n) is 20.4. The van der Waals surface area contributed by atoms with Gasteiger partial charge in [-0.3, -0.25) is 48.5 Å². The minimum atomic E-state index is -1.07. The maximum Gasteiger partial charge on any atom is 0.266 e. The van der Waals surface area contributed by atoms with Crippen LogP contribution in [0.25, 0.3) is 5.00 Å². The van der Waals surface area contributed by atoms with E-state index < -0.39 is 35.7 Å². The zero-order valence-electron chi connectivity index (χ0n) is 34.2. The molecule has 5 aromatic rings. The monoisotopic (exact) mass is 874 g/mol. The summed E-state index contributed by atoms with van der Waals surface area (Å²) in [5, 5.41) is 18.6. The Bertz CT molecular complexity index is 2650. The molecule has 0 radical (unpaired) electrons. The Balaban J connectivity index is 0.791. The van der Waals surface area contributed by atoms with Crippen molar-refractivity contribution in [3.8, 4) is 10.8 Å². The van der Waals surface area contributed by atoms with Gasteiger partial charge >= 0.3 is 0 Å². The van der Waals surface area contributed by atoms with Gasteiger partial charge in [0, 0.05) is 46.1 Å². The zero-order valence-corrected chi connectivity index (χ0v) is 35.8. The van der Waals surface area contributed by atoms with Crippen LogP contribution in [0.1, 0.15) is 114 Å². The number of aromatic nitrogens is 3. The van der Waals surface area contributed by atoms with Gasteiger partial charge in [0.15, 0.2) is 5.82 Å². The van der Waals surface area contributed by atoms with E-state index in [1.54, 1.807) is 47.7 Å². The molecule has 0 saturated carbocycles. The Labute approximate surface area is 365 Å². The van der Waals surface area contributed by atoms with Gasteiger partial charge in [0.1, 0.15) is 35.3 Å². The van der Waals surface area contributed by atoms with Gasteiger partial charge in [-0.1, -0.05) is 41.9 Å². The number of aryl methyl sites for hydroxylation is 2. The SMILES string of the molecule is Cc1sc2c(c1C)C(c1ccc(Cl)cc1)=N[C@@H](CC(=O)NCCCCCNC(=O)c1ccc(COc3cccc4c3C(=O)N(C3CCC(=O)NC3=O)C4=O)cc1)c1nnc(C)n1-2. The number of ether oxygens (including phenoxy) is 1. The van der Waals surface area contributed by atoms with Gasteiger partial charge in [0.25, 0.3) is 17.7 Å². The lowest BCUT2D eigenvalue weighted by Gasteiger charge is -2.27. The van der Waals surface area contributed by atoms with Crippen LogP contribution in [0.15, 0.2) is 71.7 Å². The van der Waals surface area contributed by atoms with E-state index in [4.69, 9.17) is 21.3 Å². The van der Waals surface area contributed by atoms with Crippen molar-refractivity contribution in [2.75, 3.05) is 13.1 Å². The second-order valence-corrected chi connectivity index (χ2v) is 17.0. The fourth-order valence-corrected chi connectivity index (χ4v) is 9.20. The molecule has 5 heterocycles. The summed E-state index contributed by atoms with van der Waals surface area (Å²) in [4.78, 5) is 84.0. The number of carbonyl (C=O) groups is 6. The van der Waals surface area contributed by atoms with E-state index in [-0.39, 0.29) is 54.6 Å². The maximum absolute atomic E-state index is 13.4. The predicted molar refractivity (Wildman–Crippen MR) is 231 cm³/mol. The molecule has 1 unspecified atom stereocenters. The number of piperidine rings is 1. The van der Waals surface area contributed by atoms with Crippen LogP contribution in [-0.2, 0) is 21.0 Å².